The Bertz CT molecular complexity index is 904. The Morgan fingerprint density at radius 2 is 1.69 bits per heavy atom. The monoisotopic (exact) mass is 385 g/mol. The van der Waals surface area contributed by atoms with E-state index in [1.807, 2.05) is 0 Å². The number of halogens is 3. The standard InChI is InChI=1S/C18H18F3NO3S/c1-12-3-8-15(26(2,24)25)11-16(12)17(23)22-10-9-13-4-6-14(7-5-13)18(19,20)21/h3-8,11H,9-10H2,1-2H3,(H,22,23). The van der Waals surface area contributed by atoms with Gasteiger partial charge in [0.15, 0.2) is 9.84 Å². The van der Waals surface area contributed by atoms with Crippen LogP contribution in [0, 0.1) is 6.92 Å². The van der Waals surface area contributed by atoms with Crippen molar-refractivity contribution in [1.29, 1.82) is 0 Å². The highest BCUT2D eigenvalue weighted by Gasteiger charge is 2.29. The van der Waals surface area contributed by atoms with E-state index in [-0.39, 0.29) is 17.0 Å². The first-order valence-electron chi connectivity index (χ1n) is 7.73. The van der Waals surface area contributed by atoms with E-state index in [0.717, 1.165) is 18.4 Å². The van der Waals surface area contributed by atoms with Gasteiger partial charge in [-0.3, -0.25) is 4.79 Å². The number of alkyl halides is 3. The van der Waals surface area contributed by atoms with E-state index in [9.17, 15) is 26.4 Å². The molecule has 1 amide bonds. The molecule has 0 saturated carbocycles. The average Bonchev–Trinajstić information content (AvgIpc) is 2.53. The van der Waals surface area contributed by atoms with E-state index in [1.165, 1.54) is 24.3 Å². The summed E-state index contributed by atoms with van der Waals surface area (Å²) in [5.41, 5.74) is 0.809. The van der Waals surface area contributed by atoms with Gasteiger partial charge in [-0.25, -0.2) is 8.42 Å². The normalized spacial score (nSPS) is 12.0. The number of carbonyl (C=O) groups is 1. The molecule has 0 saturated heterocycles. The van der Waals surface area contributed by atoms with Gasteiger partial charge in [0.05, 0.1) is 10.5 Å². The van der Waals surface area contributed by atoms with Crippen molar-refractivity contribution >= 4 is 15.7 Å². The van der Waals surface area contributed by atoms with Crippen molar-refractivity contribution in [3.05, 3.63) is 64.7 Å². The largest absolute Gasteiger partial charge is 0.416 e. The van der Waals surface area contributed by atoms with Crippen LogP contribution in [0.15, 0.2) is 47.4 Å². The maximum Gasteiger partial charge on any atom is 0.416 e. The molecular weight excluding hydrogens is 367 g/mol. The van der Waals surface area contributed by atoms with Crippen molar-refractivity contribution in [3.63, 3.8) is 0 Å². The Balaban J connectivity index is 2.01. The van der Waals surface area contributed by atoms with Crippen molar-refractivity contribution in [2.45, 2.75) is 24.4 Å². The molecule has 140 valence electrons. The zero-order valence-electron chi connectivity index (χ0n) is 14.2. The van der Waals surface area contributed by atoms with Crippen molar-refractivity contribution in [2.24, 2.45) is 0 Å². The number of aryl methyl sites for hydroxylation is 1. The summed E-state index contributed by atoms with van der Waals surface area (Å²) in [6, 6.07) is 9.03. The first-order valence-corrected chi connectivity index (χ1v) is 9.62. The van der Waals surface area contributed by atoms with Gasteiger partial charge in [-0.2, -0.15) is 13.2 Å². The molecule has 2 rings (SSSR count). The molecule has 1 N–H and O–H groups in total. The molecule has 26 heavy (non-hydrogen) atoms. The lowest BCUT2D eigenvalue weighted by molar-refractivity contribution is -0.137. The number of rotatable bonds is 5. The summed E-state index contributed by atoms with van der Waals surface area (Å²) in [6.45, 7) is 1.91. The minimum absolute atomic E-state index is 0.0518. The van der Waals surface area contributed by atoms with Gasteiger partial charge in [-0.15, -0.1) is 0 Å². The number of carbonyl (C=O) groups excluding carboxylic acids is 1. The van der Waals surface area contributed by atoms with Crippen LogP contribution in [-0.4, -0.2) is 27.1 Å². The van der Waals surface area contributed by atoms with E-state index < -0.39 is 27.5 Å². The summed E-state index contributed by atoms with van der Waals surface area (Å²) in [7, 11) is -3.43. The molecule has 4 nitrogen and oxygen atoms in total. The Kier molecular flexibility index (Phi) is 5.75. The molecule has 0 aromatic heterocycles. The summed E-state index contributed by atoms with van der Waals surface area (Å²) < 4.78 is 60.8. The molecule has 2 aromatic rings. The van der Waals surface area contributed by atoms with E-state index in [0.29, 0.717) is 17.5 Å². The highest BCUT2D eigenvalue weighted by atomic mass is 32.2. The summed E-state index contributed by atoms with van der Waals surface area (Å²) in [6.07, 6.45) is -2.96. The first kappa shape index (κ1) is 20.0. The Morgan fingerprint density at radius 3 is 2.23 bits per heavy atom. The Morgan fingerprint density at radius 1 is 1.08 bits per heavy atom. The van der Waals surface area contributed by atoms with Crippen molar-refractivity contribution in [1.82, 2.24) is 5.32 Å². The number of sulfone groups is 1. The van der Waals surface area contributed by atoms with Crippen molar-refractivity contribution in [2.75, 3.05) is 12.8 Å². The zero-order valence-corrected chi connectivity index (χ0v) is 15.0. The summed E-state index contributed by atoms with van der Waals surface area (Å²) >= 11 is 0. The predicted octanol–water partition coefficient (Wildman–Crippen LogP) is 3.39. The van der Waals surface area contributed by atoms with Gasteiger partial charge in [-0.05, 0) is 48.7 Å². The SMILES string of the molecule is Cc1ccc(S(C)(=O)=O)cc1C(=O)NCCc1ccc(C(F)(F)F)cc1. The molecule has 0 heterocycles. The molecule has 0 unspecified atom stereocenters. The molecule has 8 heteroatoms. The van der Waals surface area contributed by atoms with Crippen LogP contribution in [-0.2, 0) is 22.4 Å². The van der Waals surface area contributed by atoms with E-state index in [4.69, 9.17) is 0 Å². The van der Waals surface area contributed by atoms with E-state index in [1.54, 1.807) is 13.0 Å². The van der Waals surface area contributed by atoms with Crippen LogP contribution in [0.3, 0.4) is 0 Å². The van der Waals surface area contributed by atoms with Crippen LogP contribution in [0.4, 0.5) is 13.2 Å². The average molecular weight is 385 g/mol. The zero-order chi connectivity index (χ0) is 19.5. The Labute approximate surface area is 150 Å². The summed E-state index contributed by atoms with van der Waals surface area (Å²) in [5.74, 6) is -0.431. The Hall–Kier alpha value is -2.35. The molecule has 0 atom stereocenters. The van der Waals surface area contributed by atoms with E-state index >= 15 is 0 Å². The van der Waals surface area contributed by atoms with Crippen molar-refractivity contribution < 1.29 is 26.4 Å². The second kappa shape index (κ2) is 7.49. The topological polar surface area (TPSA) is 63.2 Å². The predicted molar refractivity (Wildman–Crippen MR) is 91.8 cm³/mol. The second-order valence-corrected chi connectivity index (χ2v) is 7.97. The fraction of sp³-hybridized carbons (Fsp3) is 0.278. The third-order valence-electron chi connectivity index (χ3n) is 3.86. The quantitative estimate of drug-likeness (QED) is 0.858. The molecule has 0 spiro atoms. The lowest BCUT2D eigenvalue weighted by Crippen LogP contribution is -2.26. The third-order valence-corrected chi connectivity index (χ3v) is 4.97. The maximum atomic E-state index is 12.5. The lowest BCUT2D eigenvalue weighted by Gasteiger charge is -2.10. The van der Waals surface area contributed by atoms with Gasteiger partial charge in [0.2, 0.25) is 0 Å². The van der Waals surface area contributed by atoms with Gasteiger partial charge >= 0.3 is 6.18 Å². The number of amides is 1. The molecular formula is C18H18F3NO3S. The highest BCUT2D eigenvalue weighted by Crippen LogP contribution is 2.29. The van der Waals surface area contributed by atoms with Gasteiger partial charge in [0, 0.05) is 18.4 Å². The summed E-state index contributed by atoms with van der Waals surface area (Å²) in [4.78, 5) is 12.3. The molecule has 2 aromatic carbocycles. The van der Waals surface area contributed by atoms with Gasteiger partial charge in [-0.1, -0.05) is 18.2 Å². The van der Waals surface area contributed by atoms with Crippen LogP contribution in [0.25, 0.3) is 0 Å². The molecule has 0 aliphatic rings. The highest BCUT2D eigenvalue weighted by molar-refractivity contribution is 7.90. The van der Waals surface area contributed by atoms with Gasteiger partial charge in [0.25, 0.3) is 5.91 Å². The molecule has 0 fully saturated rings. The number of hydrogen-bond donors (Lipinski definition) is 1. The van der Waals surface area contributed by atoms with Crippen LogP contribution in [0.1, 0.15) is 27.0 Å². The maximum absolute atomic E-state index is 12.5. The fourth-order valence-electron chi connectivity index (χ4n) is 2.35. The first-order chi connectivity index (χ1) is 12.0. The number of benzene rings is 2. The third kappa shape index (κ3) is 5.08. The molecule has 0 bridgehead atoms. The van der Waals surface area contributed by atoms with Gasteiger partial charge < -0.3 is 5.32 Å². The van der Waals surface area contributed by atoms with E-state index in [2.05, 4.69) is 5.32 Å². The fourth-order valence-corrected chi connectivity index (χ4v) is 3.00. The van der Waals surface area contributed by atoms with Crippen LogP contribution >= 0.6 is 0 Å². The molecule has 0 aliphatic heterocycles. The van der Waals surface area contributed by atoms with Crippen molar-refractivity contribution in [3.8, 4) is 0 Å². The van der Waals surface area contributed by atoms with Crippen LogP contribution in [0.2, 0.25) is 0 Å². The van der Waals surface area contributed by atoms with Crippen LogP contribution < -0.4 is 5.32 Å². The van der Waals surface area contributed by atoms with Gasteiger partial charge in [0.1, 0.15) is 0 Å². The number of hydrogen-bond acceptors (Lipinski definition) is 3. The minimum atomic E-state index is -4.38. The minimum Gasteiger partial charge on any atom is -0.352 e. The van der Waals surface area contributed by atoms with Crippen LogP contribution in [0.5, 0.6) is 0 Å². The molecule has 0 aliphatic carbocycles. The smallest absolute Gasteiger partial charge is 0.352 e. The second-order valence-electron chi connectivity index (χ2n) is 5.95. The lowest BCUT2D eigenvalue weighted by atomic mass is 10.1. The molecule has 0 radical (unpaired) electrons. The number of nitrogens with one attached hydrogen (secondary N) is 1. The summed E-state index contributed by atoms with van der Waals surface area (Å²) in [5, 5.41) is 2.66.